The zero-order chi connectivity index (χ0) is 24.2. The molecular formula is C24H29ClN6O2. The van der Waals surface area contributed by atoms with Crippen molar-refractivity contribution in [3.05, 3.63) is 59.1 Å². The lowest BCUT2D eigenvalue weighted by molar-refractivity contribution is -0.128. The molecule has 0 aliphatic rings. The summed E-state index contributed by atoms with van der Waals surface area (Å²) in [4.78, 5) is 29.4. The van der Waals surface area contributed by atoms with E-state index in [0.717, 1.165) is 11.1 Å². The van der Waals surface area contributed by atoms with Crippen molar-refractivity contribution in [2.24, 2.45) is 0 Å². The Hall–Kier alpha value is -3.26. The van der Waals surface area contributed by atoms with Gasteiger partial charge in [-0.1, -0.05) is 36.7 Å². The third-order valence-electron chi connectivity index (χ3n) is 4.97. The van der Waals surface area contributed by atoms with Crippen molar-refractivity contribution in [3.8, 4) is 11.4 Å². The molecule has 1 atom stereocenters. The maximum atomic E-state index is 13.5. The highest BCUT2D eigenvalue weighted by molar-refractivity contribution is 6.30. The second kappa shape index (κ2) is 10.1. The number of carbonyl (C=O) groups excluding carboxylic acids is 2. The van der Waals surface area contributed by atoms with Gasteiger partial charge in [0.05, 0.1) is 0 Å². The van der Waals surface area contributed by atoms with E-state index in [4.69, 9.17) is 11.6 Å². The van der Waals surface area contributed by atoms with Crippen LogP contribution in [-0.4, -0.2) is 43.6 Å². The van der Waals surface area contributed by atoms with Gasteiger partial charge in [-0.3, -0.25) is 14.5 Å². The number of tetrazole rings is 1. The van der Waals surface area contributed by atoms with Gasteiger partial charge in [-0.15, -0.1) is 10.2 Å². The van der Waals surface area contributed by atoms with Crippen LogP contribution in [0.15, 0.2) is 48.5 Å². The predicted molar refractivity (Wildman–Crippen MR) is 129 cm³/mol. The number of anilines is 1. The molecule has 2 aromatic carbocycles. The SMILES string of the molecule is CCC(C(=O)NC(C)(C)C)N(C(=O)Cn1nnc(-c2ccc(Cl)cc2)n1)c1ccccc1C. The summed E-state index contributed by atoms with van der Waals surface area (Å²) >= 11 is 5.94. The number of nitrogens with zero attached hydrogens (tertiary/aromatic N) is 5. The summed E-state index contributed by atoms with van der Waals surface area (Å²) in [5.74, 6) is -0.130. The van der Waals surface area contributed by atoms with Crippen molar-refractivity contribution < 1.29 is 9.59 Å². The van der Waals surface area contributed by atoms with E-state index in [2.05, 4.69) is 20.7 Å². The Morgan fingerprint density at radius 3 is 2.39 bits per heavy atom. The van der Waals surface area contributed by atoms with Crippen LogP contribution in [0.4, 0.5) is 5.69 Å². The first-order valence-electron chi connectivity index (χ1n) is 10.8. The number of nitrogens with one attached hydrogen (secondary N) is 1. The van der Waals surface area contributed by atoms with Crippen molar-refractivity contribution in [2.45, 2.75) is 59.2 Å². The summed E-state index contributed by atoms with van der Waals surface area (Å²) in [7, 11) is 0. The predicted octanol–water partition coefficient (Wildman–Crippen LogP) is 4.03. The smallest absolute Gasteiger partial charge is 0.251 e. The van der Waals surface area contributed by atoms with E-state index >= 15 is 0 Å². The second-order valence-corrected chi connectivity index (χ2v) is 9.30. The molecule has 33 heavy (non-hydrogen) atoms. The molecule has 0 fully saturated rings. The van der Waals surface area contributed by atoms with Gasteiger partial charge in [0.1, 0.15) is 12.6 Å². The summed E-state index contributed by atoms with van der Waals surface area (Å²) in [5.41, 5.74) is 1.88. The number of hydrogen-bond donors (Lipinski definition) is 1. The van der Waals surface area contributed by atoms with Crippen LogP contribution in [0, 0.1) is 6.92 Å². The van der Waals surface area contributed by atoms with Gasteiger partial charge in [-0.05, 0) is 75.2 Å². The standard InChI is InChI=1S/C24H29ClN6O2/c1-6-19(23(33)26-24(3,4)5)31(20-10-8-7-9-16(20)2)21(32)15-30-28-22(27-29-30)17-11-13-18(25)14-12-17/h7-14,19H,6,15H2,1-5H3,(H,26,33). The molecule has 8 nitrogen and oxygen atoms in total. The summed E-state index contributed by atoms with van der Waals surface area (Å²) in [5, 5.41) is 16.0. The Morgan fingerprint density at radius 2 is 1.79 bits per heavy atom. The van der Waals surface area contributed by atoms with Crippen molar-refractivity contribution in [1.29, 1.82) is 0 Å². The molecule has 0 aliphatic carbocycles. The Balaban J connectivity index is 1.90. The van der Waals surface area contributed by atoms with Crippen molar-refractivity contribution >= 4 is 29.1 Å². The number of hydrogen-bond acceptors (Lipinski definition) is 5. The molecule has 9 heteroatoms. The van der Waals surface area contributed by atoms with Crippen molar-refractivity contribution in [1.82, 2.24) is 25.5 Å². The molecule has 3 aromatic rings. The van der Waals surface area contributed by atoms with E-state index in [1.54, 1.807) is 29.2 Å². The summed E-state index contributed by atoms with van der Waals surface area (Å²) < 4.78 is 0. The Labute approximate surface area is 198 Å². The van der Waals surface area contributed by atoms with Gasteiger partial charge in [0.2, 0.25) is 11.7 Å². The average Bonchev–Trinajstić information content (AvgIpc) is 3.20. The van der Waals surface area contributed by atoms with Gasteiger partial charge in [0, 0.05) is 21.8 Å². The number of amides is 2. The number of para-hydroxylation sites is 1. The Bertz CT molecular complexity index is 1120. The normalized spacial score (nSPS) is 12.3. The molecule has 0 aliphatic heterocycles. The summed E-state index contributed by atoms with van der Waals surface area (Å²) in [6, 6.07) is 13.9. The fourth-order valence-electron chi connectivity index (χ4n) is 3.47. The molecule has 174 valence electrons. The molecule has 1 N–H and O–H groups in total. The minimum Gasteiger partial charge on any atom is -0.350 e. The molecule has 0 saturated heterocycles. The first kappa shape index (κ1) is 24.4. The molecule has 0 bridgehead atoms. The second-order valence-electron chi connectivity index (χ2n) is 8.86. The maximum absolute atomic E-state index is 13.5. The van der Waals surface area contributed by atoms with Gasteiger partial charge in [0.15, 0.2) is 0 Å². The number of aromatic nitrogens is 4. The number of halogens is 1. The largest absolute Gasteiger partial charge is 0.350 e. The molecule has 2 amide bonds. The van der Waals surface area contributed by atoms with E-state index < -0.39 is 11.6 Å². The fourth-order valence-corrected chi connectivity index (χ4v) is 3.60. The first-order chi connectivity index (χ1) is 15.6. The number of aryl methyl sites for hydroxylation is 1. The number of benzene rings is 2. The van der Waals surface area contributed by atoms with Crippen LogP contribution >= 0.6 is 11.6 Å². The summed E-state index contributed by atoms with van der Waals surface area (Å²) in [6.07, 6.45) is 0.447. The van der Waals surface area contributed by atoms with E-state index in [-0.39, 0.29) is 18.4 Å². The average molecular weight is 469 g/mol. The zero-order valence-electron chi connectivity index (χ0n) is 19.5. The van der Waals surface area contributed by atoms with E-state index in [1.165, 1.54) is 4.80 Å². The molecule has 1 unspecified atom stereocenters. The molecule has 0 saturated carbocycles. The quantitative estimate of drug-likeness (QED) is 0.565. The zero-order valence-corrected chi connectivity index (χ0v) is 20.3. The first-order valence-corrected chi connectivity index (χ1v) is 11.2. The molecule has 0 spiro atoms. The van der Waals surface area contributed by atoms with E-state index in [9.17, 15) is 9.59 Å². The molecule has 1 heterocycles. The summed E-state index contributed by atoms with van der Waals surface area (Å²) in [6.45, 7) is 9.38. The van der Waals surface area contributed by atoms with Crippen LogP contribution in [0.25, 0.3) is 11.4 Å². The van der Waals surface area contributed by atoms with Crippen LogP contribution in [0.5, 0.6) is 0 Å². The Morgan fingerprint density at radius 1 is 1.12 bits per heavy atom. The lowest BCUT2D eigenvalue weighted by atomic mass is 10.0. The van der Waals surface area contributed by atoms with E-state index in [1.807, 2.05) is 58.9 Å². The molecule has 1 aromatic heterocycles. The number of carbonyl (C=O) groups is 2. The fraction of sp³-hybridized carbons (Fsp3) is 0.375. The lowest BCUT2D eigenvalue weighted by Gasteiger charge is -2.33. The molecule has 3 rings (SSSR count). The van der Waals surface area contributed by atoms with Gasteiger partial charge >= 0.3 is 0 Å². The number of rotatable bonds is 7. The van der Waals surface area contributed by atoms with Crippen LogP contribution in [0.3, 0.4) is 0 Å². The van der Waals surface area contributed by atoms with E-state index in [0.29, 0.717) is 23.0 Å². The minimum absolute atomic E-state index is 0.159. The monoisotopic (exact) mass is 468 g/mol. The van der Waals surface area contributed by atoms with Gasteiger partial charge in [-0.25, -0.2) is 0 Å². The molecule has 0 radical (unpaired) electrons. The van der Waals surface area contributed by atoms with Crippen molar-refractivity contribution in [3.63, 3.8) is 0 Å². The van der Waals surface area contributed by atoms with Crippen LogP contribution < -0.4 is 10.2 Å². The highest BCUT2D eigenvalue weighted by Gasteiger charge is 2.32. The van der Waals surface area contributed by atoms with Gasteiger partial charge < -0.3 is 5.32 Å². The van der Waals surface area contributed by atoms with Gasteiger partial charge in [-0.2, -0.15) is 4.80 Å². The molecular weight excluding hydrogens is 440 g/mol. The van der Waals surface area contributed by atoms with Crippen molar-refractivity contribution in [2.75, 3.05) is 4.90 Å². The van der Waals surface area contributed by atoms with Crippen LogP contribution in [0.2, 0.25) is 5.02 Å². The highest BCUT2D eigenvalue weighted by Crippen LogP contribution is 2.24. The third kappa shape index (κ3) is 6.16. The van der Waals surface area contributed by atoms with Crippen LogP contribution in [0.1, 0.15) is 39.7 Å². The Kier molecular flexibility index (Phi) is 7.48. The topological polar surface area (TPSA) is 93.0 Å². The van der Waals surface area contributed by atoms with Gasteiger partial charge in [0.25, 0.3) is 5.91 Å². The minimum atomic E-state index is -0.683. The lowest BCUT2D eigenvalue weighted by Crippen LogP contribution is -2.54. The highest BCUT2D eigenvalue weighted by atomic mass is 35.5. The van der Waals surface area contributed by atoms with Crippen LogP contribution in [-0.2, 0) is 16.1 Å². The third-order valence-corrected chi connectivity index (χ3v) is 5.23. The maximum Gasteiger partial charge on any atom is 0.251 e.